The predicted molar refractivity (Wildman–Crippen MR) is 117 cm³/mol. The largest absolute Gasteiger partial charge is 0.379 e. The molecule has 3 aromatic rings. The van der Waals surface area contributed by atoms with Crippen molar-refractivity contribution in [2.75, 3.05) is 32.8 Å². The van der Waals surface area contributed by atoms with Gasteiger partial charge in [-0.3, -0.25) is 9.69 Å². The first-order valence-electron chi connectivity index (χ1n) is 10.1. The number of ether oxygens (including phenoxy) is 1. The molecule has 6 nitrogen and oxygen atoms in total. The number of hydrogen-bond donors (Lipinski definition) is 1. The van der Waals surface area contributed by atoms with Crippen molar-refractivity contribution < 1.29 is 9.53 Å². The second-order valence-electron chi connectivity index (χ2n) is 7.31. The summed E-state index contributed by atoms with van der Waals surface area (Å²) in [6, 6.07) is 19.4. The fraction of sp³-hybridized carbons (Fsp3) is 0.304. The zero-order valence-electron chi connectivity index (χ0n) is 16.9. The lowest BCUT2D eigenvalue weighted by Crippen LogP contribution is -2.44. The van der Waals surface area contributed by atoms with Crippen LogP contribution in [-0.2, 0) is 4.74 Å². The molecule has 4 rings (SSSR count). The molecule has 0 spiro atoms. The molecule has 1 fully saturated rings. The molecule has 0 radical (unpaired) electrons. The van der Waals surface area contributed by atoms with E-state index in [-0.39, 0.29) is 11.9 Å². The minimum atomic E-state index is -0.196. The van der Waals surface area contributed by atoms with E-state index in [1.165, 1.54) is 0 Å². The van der Waals surface area contributed by atoms with E-state index in [1.54, 1.807) is 4.68 Å². The molecule has 1 atom stereocenters. The van der Waals surface area contributed by atoms with Crippen molar-refractivity contribution in [1.82, 2.24) is 20.0 Å². The van der Waals surface area contributed by atoms with Gasteiger partial charge in [0.25, 0.3) is 5.91 Å². The molecule has 1 aliphatic rings. The first kappa shape index (κ1) is 20.6. The minimum absolute atomic E-state index is 0.0242. The van der Waals surface area contributed by atoms with Gasteiger partial charge in [-0.15, -0.1) is 0 Å². The van der Waals surface area contributed by atoms with Gasteiger partial charge < -0.3 is 10.1 Å². The van der Waals surface area contributed by atoms with Crippen LogP contribution in [0.2, 0.25) is 5.02 Å². The summed E-state index contributed by atoms with van der Waals surface area (Å²) in [5.74, 6) is -0.196. The Balaban J connectivity index is 1.51. The van der Waals surface area contributed by atoms with E-state index in [1.807, 2.05) is 67.6 Å². The lowest BCUT2D eigenvalue weighted by molar-refractivity contribution is 0.0162. The Kier molecular flexibility index (Phi) is 6.47. The second kappa shape index (κ2) is 9.43. The summed E-state index contributed by atoms with van der Waals surface area (Å²) >= 11 is 6.48. The SMILES string of the molecule is Cc1cc(C(=O)NCC(c2ccccc2Cl)N2CCOCC2)nn1-c1ccccc1. The van der Waals surface area contributed by atoms with Gasteiger partial charge in [-0.25, -0.2) is 4.68 Å². The predicted octanol–water partition coefficient (Wildman–Crippen LogP) is 3.64. The number of halogens is 1. The van der Waals surface area contributed by atoms with Gasteiger partial charge in [0.2, 0.25) is 0 Å². The van der Waals surface area contributed by atoms with Crippen LogP contribution in [0.3, 0.4) is 0 Å². The highest BCUT2D eigenvalue weighted by molar-refractivity contribution is 6.31. The highest BCUT2D eigenvalue weighted by Crippen LogP contribution is 2.28. The van der Waals surface area contributed by atoms with Crippen LogP contribution in [0, 0.1) is 6.92 Å². The summed E-state index contributed by atoms with van der Waals surface area (Å²) in [5, 5.41) is 8.27. The standard InChI is InChI=1S/C23H25ClN4O2/c1-17-15-21(26-28(17)18-7-3-2-4-8-18)23(29)25-16-22(27-11-13-30-14-12-27)19-9-5-6-10-20(19)24/h2-10,15,22H,11-14,16H2,1H3,(H,25,29). The molecule has 1 aliphatic heterocycles. The smallest absolute Gasteiger partial charge is 0.271 e. The maximum absolute atomic E-state index is 12.9. The molecule has 0 bridgehead atoms. The van der Waals surface area contributed by atoms with Gasteiger partial charge in [-0.05, 0) is 36.8 Å². The summed E-state index contributed by atoms with van der Waals surface area (Å²) < 4.78 is 7.27. The Hall–Kier alpha value is -2.67. The number of carbonyl (C=O) groups excluding carboxylic acids is 1. The fourth-order valence-corrected chi connectivity index (χ4v) is 4.03. The molecular weight excluding hydrogens is 400 g/mol. The molecule has 1 saturated heterocycles. The van der Waals surface area contributed by atoms with Crippen LogP contribution in [0.5, 0.6) is 0 Å². The average Bonchev–Trinajstić information content (AvgIpc) is 3.18. The third-order valence-corrected chi connectivity index (χ3v) is 5.67. The number of carbonyl (C=O) groups is 1. The van der Waals surface area contributed by atoms with Crippen molar-refractivity contribution in [1.29, 1.82) is 0 Å². The fourth-order valence-electron chi connectivity index (χ4n) is 3.77. The normalized spacial score (nSPS) is 15.7. The van der Waals surface area contributed by atoms with Gasteiger partial charge in [0.05, 0.1) is 24.9 Å². The molecule has 1 aromatic heterocycles. The number of para-hydroxylation sites is 1. The van der Waals surface area contributed by atoms with E-state index < -0.39 is 0 Å². The molecule has 0 aliphatic carbocycles. The van der Waals surface area contributed by atoms with Crippen LogP contribution in [0.4, 0.5) is 0 Å². The summed E-state index contributed by atoms with van der Waals surface area (Å²) in [7, 11) is 0. The van der Waals surface area contributed by atoms with Gasteiger partial charge in [-0.2, -0.15) is 5.10 Å². The molecule has 0 saturated carbocycles. The van der Waals surface area contributed by atoms with E-state index >= 15 is 0 Å². The Morgan fingerprint density at radius 1 is 1.13 bits per heavy atom. The molecule has 1 unspecified atom stereocenters. The first-order chi connectivity index (χ1) is 14.6. The number of nitrogens with zero attached hydrogens (tertiary/aromatic N) is 3. The number of aromatic nitrogens is 2. The minimum Gasteiger partial charge on any atom is -0.379 e. The monoisotopic (exact) mass is 424 g/mol. The topological polar surface area (TPSA) is 59.4 Å². The molecule has 30 heavy (non-hydrogen) atoms. The third kappa shape index (κ3) is 4.56. The van der Waals surface area contributed by atoms with Gasteiger partial charge >= 0.3 is 0 Å². The molecule has 7 heteroatoms. The molecule has 1 amide bonds. The van der Waals surface area contributed by atoms with Crippen LogP contribution in [0.25, 0.3) is 5.69 Å². The maximum atomic E-state index is 12.9. The lowest BCUT2D eigenvalue weighted by atomic mass is 10.0. The van der Waals surface area contributed by atoms with Gasteiger partial charge in [-0.1, -0.05) is 48.0 Å². The summed E-state index contributed by atoms with van der Waals surface area (Å²) in [5.41, 5.74) is 3.24. The number of benzene rings is 2. The lowest BCUT2D eigenvalue weighted by Gasteiger charge is -2.35. The Morgan fingerprint density at radius 3 is 2.57 bits per heavy atom. The average molecular weight is 425 g/mol. The van der Waals surface area contributed by atoms with Crippen LogP contribution in [0.1, 0.15) is 27.8 Å². The Labute approximate surface area is 181 Å². The second-order valence-corrected chi connectivity index (χ2v) is 7.72. The van der Waals surface area contributed by atoms with Gasteiger partial charge in [0.15, 0.2) is 5.69 Å². The summed E-state index contributed by atoms with van der Waals surface area (Å²) in [6.07, 6.45) is 0. The molecule has 1 N–H and O–H groups in total. The van der Waals surface area contributed by atoms with Crippen LogP contribution < -0.4 is 5.32 Å². The van der Waals surface area contributed by atoms with Gasteiger partial charge in [0, 0.05) is 30.4 Å². The zero-order chi connectivity index (χ0) is 20.9. The van der Waals surface area contributed by atoms with E-state index in [2.05, 4.69) is 15.3 Å². The number of morpholine rings is 1. The third-order valence-electron chi connectivity index (χ3n) is 5.33. The summed E-state index contributed by atoms with van der Waals surface area (Å²) in [4.78, 5) is 15.2. The zero-order valence-corrected chi connectivity index (χ0v) is 17.7. The van der Waals surface area contributed by atoms with Crippen molar-refractivity contribution >= 4 is 17.5 Å². The molecule has 2 aromatic carbocycles. The van der Waals surface area contributed by atoms with Crippen LogP contribution in [-0.4, -0.2) is 53.4 Å². The van der Waals surface area contributed by atoms with Crippen LogP contribution in [0.15, 0.2) is 60.7 Å². The van der Waals surface area contributed by atoms with Crippen molar-refractivity contribution in [3.8, 4) is 5.69 Å². The number of rotatable bonds is 6. The first-order valence-corrected chi connectivity index (χ1v) is 10.5. The number of amides is 1. The van der Waals surface area contributed by atoms with E-state index in [9.17, 15) is 4.79 Å². The van der Waals surface area contributed by atoms with E-state index in [4.69, 9.17) is 16.3 Å². The molecule has 156 valence electrons. The maximum Gasteiger partial charge on any atom is 0.271 e. The van der Waals surface area contributed by atoms with Crippen LogP contribution >= 0.6 is 11.6 Å². The van der Waals surface area contributed by atoms with Crippen molar-refractivity contribution in [2.24, 2.45) is 0 Å². The van der Waals surface area contributed by atoms with Crippen molar-refractivity contribution in [2.45, 2.75) is 13.0 Å². The van der Waals surface area contributed by atoms with E-state index in [0.29, 0.717) is 30.5 Å². The number of nitrogens with one attached hydrogen (secondary N) is 1. The quantitative estimate of drug-likeness (QED) is 0.656. The van der Waals surface area contributed by atoms with Crippen molar-refractivity contribution in [3.63, 3.8) is 0 Å². The molecular formula is C23H25ClN4O2. The number of hydrogen-bond acceptors (Lipinski definition) is 4. The van der Waals surface area contributed by atoms with Gasteiger partial charge in [0.1, 0.15) is 0 Å². The number of aryl methyl sites for hydroxylation is 1. The Bertz CT molecular complexity index is 999. The highest BCUT2D eigenvalue weighted by Gasteiger charge is 2.25. The summed E-state index contributed by atoms with van der Waals surface area (Å²) in [6.45, 7) is 5.34. The highest BCUT2D eigenvalue weighted by atomic mass is 35.5. The Morgan fingerprint density at radius 2 is 1.83 bits per heavy atom. The van der Waals surface area contributed by atoms with Crippen molar-refractivity contribution in [3.05, 3.63) is 82.6 Å². The van der Waals surface area contributed by atoms with E-state index in [0.717, 1.165) is 30.0 Å². The molecule has 2 heterocycles.